The summed E-state index contributed by atoms with van der Waals surface area (Å²) in [6, 6.07) is 1.86. The van der Waals surface area contributed by atoms with Crippen molar-refractivity contribution in [3.05, 3.63) is 35.7 Å². The largest absolute Gasteiger partial charge is 0.478 e. The molecule has 0 saturated carbocycles. The molecule has 5 heteroatoms. The van der Waals surface area contributed by atoms with Gasteiger partial charge in [0.1, 0.15) is 0 Å². The van der Waals surface area contributed by atoms with Crippen LogP contribution in [0.4, 0.5) is 0 Å². The number of hydrogen-bond acceptors (Lipinski definition) is 3. The Hall–Kier alpha value is -2.17. The van der Waals surface area contributed by atoms with Gasteiger partial charge in [0.05, 0.1) is 0 Å². The molecule has 1 amide bonds. The van der Waals surface area contributed by atoms with Gasteiger partial charge in [-0.15, -0.1) is 0 Å². The Labute approximate surface area is 124 Å². The zero-order valence-electron chi connectivity index (χ0n) is 12.3. The number of amides is 1. The van der Waals surface area contributed by atoms with Gasteiger partial charge in [-0.1, -0.05) is 6.92 Å². The van der Waals surface area contributed by atoms with E-state index in [2.05, 4.69) is 18.8 Å². The number of aromatic nitrogens is 1. The maximum Gasteiger partial charge on any atom is 0.328 e. The van der Waals surface area contributed by atoms with Crippen LogP contribution in [0.3, 0.4) is 0 Å². The number of nitrogens with zero attached hydrogens (tertiary/aromatic N) is 2. The number of likely N-dealkylation sites (tertiary alicyclic amines) is 1. The lowest BCUT2D eigenvalue weighted by Crippen LogP contribution is -2.45. The summed E-state index contributed by atoms with van der Waals surface area (Å²) in [5, 5.41) is 8.73. The zero-order chi connectivity index (χ0) is 15.4. The van der Waals surface area contributed by atoms with E-state index in [1.807, 2.05) is 4.90 Å². The average molecular weight is 288 g/mol. The van der Waals surface area contributed by atoms with Crippen LogP contribution in [0.25, 0.3) is 6.08 Å². The SMILES string of the molecule is CC1CCC(C)N(C(=O)c2ccncc2C=CC(=O)O)C1. The smallest absolute Gasteiger partial charge is 0.328 e. The summed E-state index contributed by atoms with van der Waals surface area (Å²) < 4.78 is 0. The minimum absolute atomic E-state index is 0.0542. The molecule has 21 heavy (non-hydrogen) atoms. The van der Waals surface area contributed by atoms with E-state index in [0.29, 0.717) is 17.0 Å². The van der Waals surface area contributed by atoms with Crippen molar-refractivity contribution in [1.82, 2.24) is 9.88 Å². The number of aliphatic carboxylic acids is 1. The molecule has 5 nitrogen and oxygen atoms in total. The van der Waals surface area contributed by atoms with Crippen molar-refractivity contribution in [3.8, 4) is 0 Å². The van der Waals surface area contributed by atoms with Gasteiger partial charge in [-0.05, 0) is 37.8 Å². The summed E-state index contributed by atoms with van der Waals surface area (Å²) in [6.07, 6.45) is 7.65. The minimum Gasteiger partial charge on any atom is -0.478 e. The van der Waals surface area contributed by atoms with E-state index < -0.39 is 5.97 Å². The summed E-state index contributed by atoms with van der Waals surface area (Å²) in [5.74, 6) is -0.608. The maximum absolute atomic E-state index is 12.7. The number of carbonyl (C=O) groups excluding carboxylic acids is 1. The summed E-state index contributed by atoms with van der Waals surface area (Å²) in [4.78, 5) is 29.2. The van der Waals surface area contributed by atoms with Crippen molar-refractivity contribution >= 4 is 18.0 Å². The Morgan fingerprint density at radius 2 is 2.14 bits per heavy atom. The number of carboxylic acids is 1. The molecule has 1 N–H and O–H groups in total. The molecular formula is C16H20N2O3. The van der Waals surface area contributed by atoms with Gasteiger partial charge in [0.15, 0.2) is 0 Å². The fourth-order valence-corrected chi connectivity index (χ4v) is 2.62. The van der Waals surface area contributed by atoms with Crippen LogP contribution in [0, 0.1) is 5.92 Å². The van der Waals surface area contributed by atoms with E-state index >= 15 is 0 Å². The molecule has 1 aromatic heterocycles. The topological polar surface area (TPSA) is 70.5 Å². The van der Waals surface area contributed by atoms with Crippen molar-refractivity contribution in [2.24, 2.45) is 5.92 Å². The first-order valence-electron chi connectivity index (χ1n) is 7.15. The Morgan fingerprint density at radius 1 is 1.38 bits per heavy atom. The molecule has 112 valence electrons. The molecule has 1 aromatic rings. The summed E-state index contributed by atoms with van der Waals surface area (Å²) in [5.41, 5.74) is 1.04. The predicted molar refractivity (Wildman–Crippen MR) is 79.8 cm³/mol. The van der Waals surface area contributed by atoms with Crippen LogP contribution in [-0.2, 0) is 4.79 Å². The number of piperidine rings is 1. The van der Waals surface area contributed by atoms with Crippen LogP contribution < -0.4 is 0 Å². The molecule has 2 atom stereocenters. The number of hydrogen-bond donors (Lipinski definition) is 1. The highest BCUT2D eigenvalue weighted by molar-refractivity contribution is 5.99. The molecule has 1 aliphatic rings. The average Bonchev–Trinajstić information content (AvgIpc) is 2.47. The van der Waals surface area contributed by atoms with Crippen molar-refractivity contribution in [2.75, 3.05) is 6.54 Å². The molecule has 1 saturated heterocycles. The number of carboxylic acid groups (broad SMARTS) is 1. The van der Waals surface area contributed by atoms with E-state index in [9.17, 15) is 9.59 Å². The van der Waals surface area contributed by atoms with Crippen LogP contribution in [0.5, 0.6) is 0 Å². The Balaban J connectivity index is 2.28. The van der Waals surface area contributed by atoms with Gasteiger partial charge >= 0.3 is 5.97 Å². The highest BCUT2D eigenvalue weighted by atomic mass is 16.4. The maximum atomic E-state index is 12.7. The highest BCUT2D eigenvalue weighted by Crippen LogP contribution is 2.24. The lowest BCUT2D eigenvalue weighted by molar-refractivity contribution is -0.131. The molecule has 0 radical (unpaired) electrons. The van der Waals surface area contributed by atoms with Crippen molar-refractivity contribution in [3.63, 3.8) is 0 Å². The quantitative estimate of drug-likeness (QED) is 0.867. The molecule has 0 spiro atoms. The summed E-state index contributed by atoms with van der Waals surface area (Å²) >= 11 is 0. The van der Waals surface area contributed by atoms with Crippen LogP contribution in [0.1, 0.15) is 42.6 Å². The van der Waals surface area contributed by atoms with E-state index in [1.54, 1.807) is 12.3 Å². The Kier molecular flexibility index (Phi) is 4.73. The monoisotopic (exact) mass is 288 g/mol. The third-order valence-corrected chi connectivity index (χ3v) is 3.87. The van der Waals surface area contributed by atoms with Crippen LogP contribution in [0.2, 0.25) is 0 Å². The van der Waals surface area contributed by atoms with Gasteiger partial charge in [0.2, 0.25) is 0 Å². The Morgan fingerprint density at radius 3 is 2.86 bits per heavy atom. The van der Waals surface area contributed by atoms with E-state index in [1.165, 1.54) is 12.3 Å². The molecular weight excluding hydrogens is 268 g/mol. The summed E-state index contributed by atoms with van der Waals surface area (Å²) in [7, 11) is 0. The zero-order valence-corrected chi connectivity index (χ0v) is 12.3. The van der Waals surface area contributed by atoms with Gasteiger partial charge in [-0.3, -0.25) is 9.78 Å². The third-order valence-electron chi connectivity index (χ3n) is 3.87. The van der Waals surface area contributed by atoms with E-state index in [-0.39, 0.29) is 11.9 Å². The van der Waals surface area contributed by atoms with E-state index in [4.69, 9.17) is 5.11 Å². The van der Waals surface area contributed by atoms with Crippen molar-refractivity contribution < 1.29 is 14.7 Å². The molecule has 0 bridgehead atoms. The molecule has 1 aliphatic heterocycles. The van der Waals surface area contributed by atoms with Crippen LogP contribution in [0.15, 0.2) is 24.5 Å². The number of rotatable bonds is 3. The first-order chi connectivity index (χ1) is 9.99. The number of carbonyl (C=O) groups is 2. The third kappa shape index (κ3) is 3.68. The summed E-state index contributed by atoms with van der Waals surface area (Å²) in [6.45, 7) is 4.94. The van der Waals surface area contributed by atoms with Gasteiger partial charge < -0.3 is 10.0 Å². The van der Waals surface area contributed by atoms with E-state index in [0.717, 1.165) is 25.5 Å². The first-order valence-corrected chi connectivity index (χ1v) is 7.15. The molecule has 0 aromatic carbocycles. The second-order valence-electron chi connectivity index (χ2n) is 5.62. The fraction of sp³-hybridized carbons (Fsp3) is 0.438. The molecule has 2 heterocycles. The predicted octanol–water partition coefficient (Wildman–Crippen LogP) is 2.44. The van der Waals surface area contributed by atoms with Crippen LogP contribution >= 0.6 is 0 Å². The van der Waals surface area contributed by atoms with Gasteiger partial charge in [-0.25, -0.2) is 4.79 Å². The fourth-order valence-electron chi connectivity index (χ4n) is 2.62. The van der Waals surface area contributed by atoms with Crippen molar-refractivity contribution in [2.45, 2.75) is 32.7 Å². The molecule has 2 unspecified atom stereocenters. The standard InChI is InChI=1S/C16H20N2O3/c1-11-3-4-12(2)18(10-11)16(21)14-7-8-17-9-13(14)5-6-15(19)20/h5-9,11-12H,3-4,10H2,1-2H3,(H,19,20). The molecule has 0 aliphatic carbocycles. The second kappa shape index (κ2) is 6.52. The second-order valence-corrected chi connectivity index (χ2v) is 5.62. The molecule has 1 fully saturated rings. The number of pyridine rings is 1. The lowest BCUT2D eigenvalue weighted by Gasteiger charge is -2.37. The molecule has 2 rings (SSSR count). The van der Waals surface area contributed by atoms with Crippen molar-refractivity contribution in [1.29, 1.82) is 0 Å². The normalized spacial score (nSPS) is 22.5. The first kappa shape index (κ1) is 15.2. The highest BCUT2D eigenvalue weighted by Gasteiger charge is 2.28. The minimum atomic E-state index is -1.04. The van der Waals surface area contributed by atoms with Gasteiger partial charge in [0.25, 0.3) is 5.91 Å². The lowest BCUT2D eigenvalue weighted by atomic mass is 9.94. The van der Waals surface area contributed by atoms with Gasteiger partial charge in [0, 0.05) is 42.2 Å². The van der Waals surface area contributed by atoms with Crippen LogP contribution in [-0.4, -0.2) is 39.5 Å². The van der Waals surface area contributed by atoms with Gasteiger partial charge in [-0.2, -0.15) is 0 Å². The Bertz CT molecular complexity index is 568.